The second-order valence-corrected chi connectivity index (χ2v) is 5.74. The predicted octanol–water partition coefficient (Wildman–Crippen LogP) is 4.85. The fourth-order valence-corrected chi connectivity index (χ4v) is 2.48. The Labute approximate surface area is 157 Å². The van der Waals surface area contributed by atoms with Crippen LogP contribution in [0.5, 0.6) is 11.5 Å². The van der Waals surface area contributed by atoms with Gasteiger partial charge in [0.05, 0.1) is 18.7 Å². The lowest BCUT2D eigenvalue weighted by molar-refractivity contribution is -0.128. The normalized spacial score (nSPS) is 10.4. The summed E-state index contributed by atoms with van der Waals surface area (Å²) < 4.78 is 10.4. The average molecular weight is 355 g/mol. The number of methoxy groups -OCH3 is 1. The summed E-state index contributed by atoms with van der Waals surface area (Å²) >= 11 is 0. The molecule has 0 bridgehead atoms. The Morgan fingerprint density at radius 1 is 0.852 bits per heavy atom. The molecule has 0 heterocycles. The number of nitriles is 1. The van der Waals surface area contributed by atoms with Gasteiger partial charge in [0.2, 0.25) is 0 Å². The van der Waals surface area contributed by atoms with Gasteiger partial charge in [-0.2, -0.15) is 5.26 Å². The molecule has 0 aliphatic carbocycles. The molecule has 132 valence electrons. The van der Waals surface area contributed by atoms with E-state index >= 15 is 0 Å². The molecule has 0 saturated carbocycles. The first-order valence-electron chi connectivity index (χ1n) is 8.32. The van der Waals surface area contributed by atoms with E-state index in [9.17, 15) is 4.79 Å². The fourth-order valence-electron chi connectivity index (χ4n) is 2.48. The smallest absolute Gasteiger partial charge is 0.336 e. The first-order chi connectivity index (χ1) is 13.2. The van der Waals surface area contributed by atoms with Gasteiger partial charge in [-0.05, 0) is 59.2 Å². The van der Waals surface area contributed by atoms with Crippen LogP contribution in [-0.2, 0) is 4.79 Å². The number of esters is 1. The number of hydrogen-bond acceptors (Lipinski definition) is 4. The second kappa shape index (κ2) is 8.50. The molecule has 0 unspecified atom stereocenters. The zero-order valence-corrected chi connectivity index (χ0v) is 14.8. The Bertz CT molecular complexity index is 980. The van der Waals surface area contributed by atoms with Crippen molar-refractivity contribution in [2.45, 2.75) is 0 Å². The topological polar surface area (TPSA) is 59.3 Å². The maximum absolute atomic E-state index is 12.0. The molecule has 0 radical (unpaired) electrons. The molecular formula is C23H17NO3. The highest BCUT2D eigenvalue weighted by atomic mass is 16.5. The number of nitrogens with zero attached hydrogens (tertiary/aromatic N) is 1. The zero-order chi connectivity index (χ0) is 19.1. The minimum atomic E-state index is -0.447. The van der Waals surface area contributed by atoms with E-state index in [1.807, 2.05) is 48.5 Å². The molecule has 3 rings (SSSR count). The van der Waals surface area contributed by atoms with Crippen molar-refractivity contribution in [3.05, 3.63) is 90.0 Å². The highest BCUT2D eigenvalue weighted by Crippen LogP contribution is 2.23. The lowest BCUT2D eigenvalue weighted by Gasteiger charge is -2.05. The third kappa shape index (κ3) is 4.83. The van der Waals surface area contributed by atoms with E-state index in [1.165, 1.54) is 6.08 Å². The number of ether oxygens (including phenoxy) is 2. The third-order valence-corrected chi connectivity index (χ3v) is 3.95. The van der Waals surface area contributed by atoms with Crippen LogP contribution in [0.3, 0.4) is 0 Å². The van der Waals surface area contributed by atoms with Crippen molar-refractivity contribution < 1.29 is 14.3 Å². The van der Waals surface area contributed by atoms with Gasteiger partial charge in [0.1, 0.15) is 11.5 Å². The summed E-state index contributed by atoms with van der Waals surface area (Å²) in [4.78, 5) is 12.0. The highest BCUT2D eigenvalue weighted by molar-refractivity contribution is 5.88. The van der Waals surface area contributed by atoms with Gasteiger partial charge < -0.3 is 9.47 Å². The van der Waals surface area contributed by atoms with E-state index in [4.69, 9.17) is 14.7 Å². The Kier molecular flexibility index (Phi) is 5.66. The van der Waals surface area contributed by atoms with Gasteiger partial charge in [-0.15, -0.1) is 0 Å². The van der Waals surface area contributed by atoms with E-state index in [0.717, 1.165) is 22.4 Å². The molecule has 0 aliphatic heterocycles. The number of rotatable bonds is 5. The lowest BCUT2D eigenvalue weighted by atomic mass is 10.0. The van der Waals surface area contributed by atoms with E-state index < -0.39 is 5.97 Å². The molecule has 0 atom stereocenters. The van der Waals surface area contributed by atoms with Crippen molar-refractivity contribution in [3.63, 3.8) is 0 Å². The Morgan fingerprint density at radius 3 is 1.96 bits per heavy atom. The average Bonchev–Trinajstić information content (AvgIpc) is 2.73. The molecule has 3 aromatic rings. The van der Waals surface area contributed by atoms with Gasteiger partial charge in [0.15, 0.2) is 0 Å². The Balaban J connectivity index is 1.62. The minimum Gasteiger partial charge on any atom is -0.497 e. The molecule has 0 spiro atoms. The number of benzene rings is 3. The molecule has 0 aromatic heterocycles. The maximum atomic E-state index is 12.0. The first kappa shape index (κ1) is 18.0. The molecule has 0 N–H and O–H groups in total. The molecule has 4 nitrogen and oxygen atoms in total. The van der Waals surface area contributed by atoms with Crippen molar-refractivity contribution in [3.8, 4) is 28.7 Å². The van der Waals surface area contributed by atoms with Crippen molar-refractivity contribution in [2.24, 2.45) is 0 Å². The molecule has 3 aromatic carbocycles. The van der Waals surface area contributed by atoms with Crippen LogP contribution < -0.4 is 9.47 Å². The van der Waals surface area contributed by atoms with E-state index in [2.05, 4.69) is 6.07 Å². The first-order valence-corrected chi connectivity index (χ1v) is 8.32. The van der Waals surface area contributed by atoms with Gasteiger partial charge in [-0.1, -0.05) is 36.4 Å². The molecular weight excluding hydrogens is 338 g/mol. The summed E-state index contributed by atoms with van der Waals surface area (Å²) in [6.45, 7) is 0. The molecule has 0 amide bonds. The summed E-state index contributed by atoms with van der Waals surface area (Å²) in [5.74, 6) is 0.783. The van der Waals surface area contributed by atoms with Gasteiger partial charge in [-0.3, -0.25) is 0 Å². The van der Waals surface area contributed by atoms with Crippen LogP contribution in [0, 0.1) is 11.3 Å². The third-order valence-electron chi connectivity index (χ3n) is 3.95. The van der Waals surface area contributed by atoms with Crippen molar-refractivity contribution in [1.29, 1.82) is 5.26 Å². The SMILES string of the molecule is COc1ccc(/C=C/C(=O)Oc2ccc(-c3ccc(C#N)cc3)cc2)cc1. The van der Waals surface area contributed by atoms with Gasteiger partial charge >= 0.3 is 5.97 Å². The summed E-state index contributed by atoms with van der Waals surface area (Å²) in [5.41, 5.74) is 3.47. The van der Waals surface area contributed by atoms with Crippen LogP contribution in [0.2, 0.25) is 0 Å². The largest absolute Gasteiger partial charge is 0.497 e. The van der Waals surface area contributed by atoms with Gasteiger partial charge in [-0.25, -0.2) is 4.79 Å². The van der Waals surface area contributed by atoms with Crippen LogP contribution >= 0.6 is 0 Å². The minimum absolute atomic E-state index is 0.447. The van der Waals surface area contributed by atoms with Gasteiger partial charge in [0.25, 0.3) is 0 Å². The van der Waals surface area contributed by atoms with Crippen molar-refractivity contribution in [2.75, 3.05) is 7.11 Å². The van der Waals surface area contributed by atoms with E-state index in [-0.39, 0.29) is 0 Å². The highest BCUT2D eigenvalue weighted by Gasteiger charge is 2.03. The van der Waals surface area contributed by atoms with Crippen LogP contribution in [0.15, 0.2) is 78.9 Å². The summed E-state index contributed by atoms with van der Waals surface area (Å²) in [6, 6.07) is 24.0. The van der Waals surface area contributed by atoms with Crippen LogP contribution in [-0.4, -0.2) is 13.1 Å². The summed E-state index contributed by atoms with van der Waals surface area (Å²) in [7, 11) is 1.61. The van der Waals surface area contributed by atoms with Crippen LogP contribution in [0.25, 0.3) is 17.2 Å². The lowest BCUT2D eigenvalue weighted by Crippen LogP contribution is -2.03. The predicted molar refractivity (Wildman–Crippen MR) is 104 cm³/mol. The molecule has 0 aliphatic rings. The van der Waals surface area contributed by atoms with Gasteiger partial charge in [0, 0.05) is 6.08 Å². The fraction of sp³-hybridized carbons (Fsp3) is 0.0435. The molecule has 4 heteroatoms. The Morgan fingerprint density at radius 2 is 1.41 bits per heavy atom. The number of carbonyl (C=O) groups excluding carboxylic acids is 1. The number of hydrogen-bond donors (Lipinski definition) is 0. The summed E-state index contributed by atoms with van der Waals surface area (Å²) in [5, 5.41) is 8.85. The monoisotopic (exact) mass is 355 g/mol. The molecule has 27 heavy (non-hydrogen) atoms. The van der Waals surface area contributed by atoms with Crippen molar-refractivity contribution >= 4 is 12.0 Å². The second-order valence-electron chi connectivity index (χ2n) is 5.74. The van der Waals surface area contributed by atoms with Crippen LogP contribution in [0.1, 0.15) is 11.1 Å². The quantitative estimate of drug-likeness (QED) is 0.373. The standard InChI is InChI=1S/C23H17NO3/c1-26-21-11-4-17(5-12-21)6-15-23(25)27-22-13-9-20(10-14-22)19-7-2-18(16-24)3-8-19/h2-15H,1H3/b15-6+. The maximum Gasteiger partial charge on any atom is 0.336 e. The van der Waals surface area contributed by atoms with Crippen molar-refractivity contribution in [1.82, 2.24) is 0 Å². The van der Waals surface area contributed by atoms with E-state index in [1.54, 1.807) is 37.5 Å². The van der Waals surface area contributed by atoms with E-state index in [0.29, 0.717) is 11.3 Å². The zero-order valence-electron chi connectivity index (χ0n) is 14.8. The molecule has 0 fully saturated rings. The Hall–Kier alpha value is -3.84. The molecule has 0 saturated heterocycles. The summed E-state index contributed by atoms with van der Waals surface area (Å²) in [6.07, 6.45) is 3.07. The van der Waals surface area contributed by atoms with Crippen LogP contribution in [0.4, 0.5) is 0 Å². The number of carbonyl (C=O) groups is 1.